The van der Waals surface area contributed by atoms with Crippen LogP contribution in [0.3, 0.4) is 0 Å². The molecule has 4 heterocycles. The van der Waals surface area contributed by atoms with Crippen LogP contribution in [0.25, 0.3) is 16.6 Å². The summed E-state index contributed by atoms with van der Waals surface area (Å²) in [5.74, 6) is 1.27. The van der Waals surface area contributed by atoms with Gasteiger partial charge in [0.25, 0.3) is 0 Å². The van der Waals surface area contributed by atoms with E-state index in [1.165, 1.54) is 6.33 Å². The number of aromatic nitrogens is 3. The molecular formula is C24H24N6O3S. The number of nitrogens with one attached hydrogen (secondary N) is 1. The second kappa shape index (κ2) is 9.41. The first kappa shape index (κ1) is 22.3. The van der Waals surface area contributed by atoms with Crippen LogP contribution in [0.4, 0.5) is 0 Å². The van der Waals surface area contributed by atoms with Crippen molar-refractivity contribution in [1.29, 1.82) is 0 Å². The Morgan fingerprint density at radius 1 is 1.12 bits per heavy atom. The zero-order chi connectivity index (χ0) is 23.5. The molecule has 2 aromatic heterocycles. The molecule has 1 N–H and O–H groups in total. The highest BCUT2D eigenvalue weighted by atomic mass is 32.2. The zero-order valence-corrected chi connectivity index (χ0v) is 19.4. The van der Waals surface area contributed by atoms with Crippen molar-refractivity contribution in [3.05, 3.63) is 72.5 Å². The predicted octanol–water partition coefficient (Wildman–Crippen LogP) is 2.79. The predicted molar refractivity (Wildman–Crippen MR) is 130 cm³/mol. The first-order valence-corrected chi connectivity index (χ1v) is 12.4. The van der Waals surface area contributed by atoms with Gasteiger partial charge in [0.2, 0.25) is 15.9 Å². The van der Waals surface area contributed by atoms with E-state index in [0.717, 1.165) is 30.8 Å². The molecular weight excluding hydrogens is 452 g/mol. The lowest BCUT2D eigenvalue weighted by atomic mass is 10.0. The van der Waals surface area contributed by atoms with E-state index in [1.807, 2.05) is 18.2 Å². The molecule has 5 rings (SSSR count). The third-order valence-corrected chi connectivity index (χ3v) is 7.18. The van der Waals surface area contributed by atoms with Crippen molar-refractivity contribution in [3.63, 3.8) is 0 Å². The van der Waals surface area contributed by atoms with E-state index in [9.17, 15) is 8.42 Å². The number of hydrogen-bond donors (Lipinski definition) is 1. The molecule has 1 aromatic carbocycles. The van der Waals surface area contributed by atoms with Crippen LogP contribution >= 0.6 is 0 Å². The number of likely N-dealkylation sites (N-methyl/N-ethyl adjacent to an activating group) is 1. The average Bonchev–Trinajstić information content (AvgIpc) is 2.86. The molecule has 2 aliphatic rings. The molecule has 0 radical (unpaired) electrons. The van der Waals surface area contributed by atoms with Crippen LogP contribution in [0, 0.1) is 0 Å². The lowest BCUT2D eigenvalue weighted by molar-refractivity contribution is 0.299. The van der Waals surface area contributed by atoms with Crippen molar-refractivity contribution in [2.24, 2.45) is 4.99 Å². The standard InChI is InChI=1S/C24H24N6O3S/c1-30-11-9-19(10-12-30)33-24-23-22(26-16-27-24)8-7-21(28-23)17-13-18(15-25-14-17)29-34(31,32)20-5-3-2-4-6-20/h2-9,14-16,18,29H,10-13H2,1H3. The summed E-state index contributed by atoms with van der Waals surface area (Å²) in [6.07, 6.45) is 8.01. The van der Waals surface area contributed by atoms with Gasteiger partial charge in [-0.1, -0.05) is 18.2 Å². The van der Waals surface area contributed by atoms with Crippen molar-refractivity contribution in [2.75, 3.05) is 20.1 Å². The molecule has 34 heavy (non-hydrogen) atoms. The zero-order valence-electron chi connectivity index (χ0n) is 18.6. The molecule has 0 saturated carbocycles. The highest BCUT2D eigenvalue weighted by Gasteiger charge is 2.23. The Morgan fingerprint density at radius 2 is 1.97 bits per heavy atom. The molecule has 0 spiro atoms. The van der Waals surface area contributed by atoms with Crippen molar-refractivity contribution < 1.29 is 13.2 Å². The highest BCUT2D eigenvalue weighted by molar-refractivity contribution is 7.89. The summed E-state index contributed by atoms with van der Waals surface area (Å²) in [5.41, 5.74) is 2.70. The van der Waals surface area contributed by atoms with E-state index < -0.39 is 16.1 Å². The smallest absolute Gasteiger partial charge is 0.248 e. The van der Waals surface area contributed by atoms with Crippen LogP contribution in [0.1, 0.15) is 18.5 Å². The van der Waals surface area contributed by atoms with Crippen LogP contribution in [0.2, 0.25) is 0 Å². The number of nitrogens with zero attached hydrogens (tertiary/aromatic N) is 5. The third kappa shape index (κ3) is 4.89. The van der Waals surface area contributed by atoms with Gasteiger partial charge in [0.15, 0.2) is 5.52 Å². The van der Waals surface area contributed by atoms with Gasteiger partial charge < -0.3 is 9.64 Å². The van der Waals surface area contributed by atoms with Crippen LogP contribution in [-0.4, -0.2) is 60.7 Å². The largest absolute Gasteiger partial charge is 0.442 e. The normalized spacial score (nSPS) is 19.0. The van der Waals surface area contributed by atoms with E-state index in [-0.39, 0.29) is 4.90 Å². The number of hydrogen-bond acceptors (Lipinski definition) is 8. The molecule has 9 nitrogen and oxygen atoms in total. The first-order valence-electron chi connectivity index (χ1n) is 11.0. The maximum absolute atomic E-state index is 12.7. The van der Waals surface area contributed by atoms with Crippen molar-refractivity contribution >= 4 is 32.8 Å². The van der Waals surface area contributed by atoms with Gasteiger partial charge in [0.1, 0.15) is 12.1 Å². The minimum absolute atomic E-state index is 0.213. The summed E-state index contributed by atoms with van der Waals surface area (Å²) in [7, 11) is -1.60. The molecule has 3 aromatic rings. The van der Waals surface area contributed by atoms with E-state index in [4.69, 9.17) is 9.72 Å². The van der Waals surface area contributed by atoms with Gasteiger partial charge in [-0.15, -0.1) is 0 Å². The number of rotatable bonds is 6. The quantitative estimate of drug-likeness (QED) is 0.583. The van der Waals surface area contributed by atoms with Gasteiger partial charge in [-0.05, 0) is 49.4 Å². The Balaban J connectivity index is 1.38. The third-order valence-electron chi connectivity index (χ3n) is 5.67. The molecule has 0 saturated heterocycles. The number of aliphatic imine (C=N–C) groups is 1. The van der Waals surface area contributed by atoms with Crippen LogP contribution in [0.5, 0.6) is 5.88 Å². The summed E-state index contributed by atoms with van der Waals surface area (Å²) >= 11 is 0. The molecule has 0 bridgehead atoms. The Labute approximate surface area is 198 Å². The van der Waals surface area contributed by atoms with Gasteiger partial charge in [0.05, 0.1) is 22.1 Å². The fourth-order valence-electron chi connectivity index (χ4n) is 3.83. The summed E-state index contributed by atoms with van der Waals surface area (Å²) < 4.78 is 34.2. The van der Waals surface area contributed by atoms with E-state index in [0.29, 0.717) is 29.0 Å². The summed E-state index contributed by atoms with van der Waals surface area (Å²) in [4.78, 5) is 20.1. The number of pyridine rings is 1. The summed E-state index contributed by atoms with van der Waals surface area (Å²) in [6, 6.07) is 11.5. The molecule has 0 fully saturated rings. The van der Waals surface area contributed by atoms with Gasteiger partial charge in [-0.3, -0.25) is 4.99 Å². The molecule has 1 unspecified atom stereocenters. The van der Waals surface area contributed by atoms with Crippen LogP contribution < -0.4 is 9.46 Å². The van der Waals surface area contributed by atoms with Crippen LogP contribution in [-0.2, 0) is 10.0 Å². The number of benzene rings is 1. The first-order chi connectivity index (χ1) is 16.5. The fraction of sp³-hybridized carbons (Fsp3) is 0.250. The maximum Gasteiger partial charge on any atom is 0.248 e. The Bertz CT molecular complexity index is 1400. The number of sulfonamides is 1. The molecule has 10 heteroatoms. The molecule has 1 atom stereocenters. The number of ether oxygens (including phenoxy) is 1. The lowest BCUT2D eigenvalue weighted by Gasteiger charge is -2.22. The highest BCUT2D eigenvalue weighted by Crippen LogP contribution is 2.27. The van der Waals surface area contributed by atoms with Gasteiger partial charge in [-0.2, -0.15) is 4.98 Å². The summed E-state index contributed by atoms with van der Waals surface area (Å²) in [5, 5.41) is 0. The minimum atomic E-state index is -3.67. The minimum Gasteiger partial charge on any atom is -0.442 e. The van der Waals surface area contributed by atoms with Crippen molar-refractivity contribution in [2.45, 2.75) is 23.8 Å². The topological polar surface area (TPSA) is 110 Å². The second-order valence-corrected chi connectivity index (χ2v) is 9.94. The van der Waals surface area contributed by atoms with Crippen LogP contribution in [0.15, 0.2) is 76.7 Å². The SMILES string of the molecule is CN1CC=C(Oc2ncnc3ccc(C4=CN=CC(NS(=O)(=O)c5ccccc5)C4)nc23)CC1. The number of fused-ring (bicyclic) bond motifs is 1. The molecule has 174 valence electrons. The Kier molecular flexibility index (Phi) is 6.18. The van der Waals surface area contributed by atoms with Gasteiger partial charge in [-0.25, -0.2) is 23.1 Å². The van der Waals surface area contributed by atoms with Crippen molar-refractivity contribution in [3.8, 4) is 5.88 Å². The second-order valence-electron chi connectivity index (χ2n) is 8.23. The Hall–Kier alpha value is -3.47. The van der Waals surface area contributed by atoms with E-state index >= 15 is 0 Å². The van der Waals surface area contributed by atoms with Crippen molar-refractivity contribution in [1.82, 2.24) is 24.6 Å². The maximum atomic E-state index is 12.7. The molecule has 2 aliphatic heterocycles. The van der Waals surface area contributed by atoms with E-state index in [1.54, 1.807) is 42.7 Å². The summed E-state index contributed by atoms with van der Waals surface area (Å²) in [6.45, 7) is 1.74. The lowest BCUT2D eigenvalue weighted by Crippen LogP contribution is -2.37. The average molecular weight is 477 g/mol. The molecule has 0 amide bonds. The Morgan fingerprint density at radius 3 is 2.76 bits per heavy atom. The van der Waals surface area contributed by atoms with E-state index in [2.05, 4.69) is 31.6 Å². The molecule has 0 aliphatic carbocycles. The van der Waals surface area contributed by atoms with Gasteiger partial charge in [0, 0.05) is 31.9 Å². The fourth-order valence-corrected chi connectivity index (χ4v) is 5.02. The van der Waals surface area contributed by atoms with Gasteiger partial charge >= 0.3 is 0 Å². The monoisotopic (exact) mass is 476 g/mol.